The molecule has 4 heteroatoms. The lowest BCUT2D eigenvalue weighted by Crippen LogP contribution is -2.05. The van der Waals surface area contributed by atoms with Crippen LogP contribution in [0.25, 0.3) is 11.4 Å². The highest BCUT2D eigenvalue weighted by Gasteiger charge is 2.11. The van der Waals surface area contributed by atoms with Crippen molar-refractivity contribution >= 4 is 15.9 Å². The Labute approximate surface area is 104 Å². The van der Waals surface area contributed by atoms with E-state index in [-0.39, 0.29) is 0 Å². The van der Waals surface area contributed by atoms with E-state index in [9.17, 15) is 0 Å². The maximum Gasteiger partial charge on any atom is 0.158 e. The van der Waals surface area contributed by atoms with Gasteiger partial charge < -0.3 is 0 Å². The van der Waals surface area contributed by atoms with Crippen LogP contribution in [0.2, 0.25) is 0 Å². The largest absolute Gasteiger partial charge is 0.243 e. The number of rotatable bonds is 2. The molecule has 84 valence electrons. The third-order valence-electron chi connectivity index (χ3n) is 2.33. The predicted molar refractivity (Wildman–Crippen MR) is 68.3 cm³/mol. The molecule has 0 atom stereocenters. The maximum absolute atomic E-state index is 4.47. The van der Waals surface area contributed by atoms with Crippen molar-refractivity contribution in [2.45, 2.75) is 26.8 Å². The summed E-state index contributed by atoms with van der Waals surface area (Å²) in [6.45, 7) is 6.13. The average Bonchev–Trinajstić information content (AvgIpc) is 2.61. The van der Waals surface area contributed by atoms with Gasteiger partial charge in [0.1, 0.15) is 5.82 Å². The molecule has 0 saturated heterocycles. The summed E-state index contributed by atoms with van der Waals surface area (Å²) in [7, 11) is 0. The van der Waals surface area contributed by atoms with Crippen LogP contribution < -0.4 is 0 Å². The zero-order chi connectivity index (χ0) is 11.7. The Bertz CT molecular complexity index is 485. The lowest BCUT2D eigenvalue weighted by molar-refractivity contribution is 0.534. The van der Waals surface area contributed by atoms with E-state index in [4.69, 9.17) is 0 Å². The molecule has 1 aromatic heterocycles. The summed E-state index contributed by atoms with van der Waals surface area (Å²) in [5.41, 5.74) is 1.09. The molecule has 3 nitrogen and oxygen atoms in total. The second-order valence-electron chi connectivity index (χ2n) is 4.03. The molecule has 0 unspecified atom stereocenters. The van der Waals surface area contributed by atoms with Gasteiger partial charge in [-0.25, -0.2) is 9.67 Å². The summed E-state index contributed by atoms with van der Waals surface area (Å²) in [5, 5.41) is 4.40. The molecule has 16 heavy (non-hydrogen) atoms. The molecule has 0 fully saturated rings. The smallest absolute Gasteiger partial charge is 0.158 e. The lowest BCUT2D eigenvalue weighted by Gasteiger charge is -2.09. The van der Waals surface area contributed by atoms with Crippen LogP contribution in [0.1, 0.15) is 25.7 Å². The zero-order valence-electron chi connectivity index (χ0n) is 9.61. The number of hydrogen-bond donors (Lipinski definition) is 0. The van der Waals surface area contributed by atoms with Crippen LogP contribution in [-0.4, -0.2) is 14.8 Å². The first-order chi connectivity index (χ1) is 7.58. The number of benzene rings is 1. The quantitative estimate of drug-likeness (QED) is 0.841. The molecule has 0 N–H and O–H groups in total. The Balaban J connectivity index is 2.50. The van der Waals surface area contributed by atoms with E-state index in [2.05, 4.69) is 39.9 Å². The van der Waals surface area contributed by atoms with Gasteiger partial charge in [0, 0.05) is 16.1 Å². The molecule has 2 rings (SSSR count). The third kappa shape index (κ3) is 2.16. The summed E-state index contributed by atoms with van der Waals surface area (Å²) in [4.78, 5) is 4.47. The zero-order valence-corrected chi connectivity index (χ0v) is 11.2. The van der Waals surface area contributed by atoms with E-state index in [0.717, 1.165) is 21.7 Å². The molecule has 0 radical (unpaired) electrons. The molecular formula is C12H14BrN3. The Morgan fingerprint density at radius 3 is 2.38 bits per heavy atom. The molecule has 1 aromatic carbocycles. The highest BCUT2D eigenvalue weighted by molar-refractivity contribution is 9.10. The molecule has 0 aliphatic heterocycles. The number of halogens is 1. The maximum atomic E-state index is 4.47. The second kappa shape index (κ2) is 4.37. The van der Waals surface area contributed by atoms with Crippen LogP contribution >= 0.6 is 15.9 Å². The summed E-state index contributed by atoms with van der Waals surface area (Å²) in [5.74, 6) is 1.74. The summed E-state index contributed by atoms with van der Waals surface area (Å²) in [6, 6.07) is 8.45. The second-order valence-corrected chi connectivity index (χ2v) is 4.94. The van der Waals surface area contributed by atoms with Crippen molar-refractivity contribution in [3.05, 3.63) is 34.6 Å². The summed E-state index contributed by atoms with van der Waals surface area (Å²) >= 11 is 3.43. The first-order valence-corrected chi connectivity index (χ1v) is 6.06. The van der Waals surface area contributed by atoms with Gasteiger partial charge in [-0.2, -0.15) is 5.10 Å². The lowest BCUT2D eigenvalue weighted by atomic mass is 10.2. The minimum absolute atomic E-state index is 0.319. The minimum Gasteiger partial charge on any atom is -0.243 e. The van der Waals surface area contributed by atoms with Crippen LogP contribution in [0.3, 0.4) is 0 Å². The van der Waals surface area contributed by atoms with E-state index in [1.807, 2.05) is 35.9 Å². The Hall–Kier alpha value is -1.16. The minimum atomic E-state index is 0.319. The van der Waals surface area contributed by atoms with Crippen LogP contribution in [-0.2, 0) is 0 Å². The molecule has 0 aliphatic carbocycles. The van der Waals surface area contributed by atoms with Crippen molar-refractivity contribution in [2.75, 3.05) is 0 Å². The van der Waals surface area contributed by atoms with E-state index in [1.54, 1.807) is 0 Å². The van der Waals surface area contributed by atoms with Crippen LogP contribution in [0.15, 0.2) is 28.7 Å². The topological polar surface area (TPSA) is 30.7 Å². The Kier molecular flexibility index (Phi) is 3.10. The van der Waals surface area contributed by atoms with Gasteiger partial charge in [-0.15, -0.1) is 0 Å². The van der Waals surface area contributed by atoms with Crippen LogP contribution in [0.4, 0.5) is 0 Å². The molecule has 0 bridgehead atoms. The van der Waals surface area contributed by atoms with Gasteiger partial charge in [0.05, 0.1) is 0 Å². The highest BCUT2D eigenvalue weighted by atomic mass is 79.9. The number of hydrogen-bond acceptors (Lipinski definition) is 2. The fraction of sp³-hybridized carbons (Fsp3) is 0.333. The van der Waals surface area contributed by atoms with Crippen LogP contribution in [0.5, 0.6) is 0 Å². The molecule has 1 heterocycles. The van der Waals surface area contributed by atoms with Crippen molar-refractivity contribution in [3.8, 4) is 11.4 Å². The molecule has 0 amide bonds. The number of aromatic nitrogens is 3. The summed E-state index contributed by atoms with van der Waals surface area (Å²) in [6.07, 6.45) is 0. The van der Waals surface area contributed by atoms with Crippen molar-refractivity contribution in [1.82, 2.24) is 14.8 Å². The van der Waals surface area contributed by atoms with Gasteiger partial charge in [-0.05, 0) is 32.9 Å². The number of nitrogens with zero attached hydrogens (tertiary/aromatic N) is 3. The van der Waals surface area contributed by atoms with Gasteiger partial charge in [-0.1, -0.05) is 28.1 Å². The third-order valence-corrected chi connectivity index (χ3v) is 2.86. The fourth-order valence-electron chi connectivity index (χ4n) is 1.59. The molecule has 0 saturated carbocycles. The van der Waals surface area contributed by atoms with Gasteiger partial charge in [0.25, 0.3) is 0 Å². The predicted octanol–water partition coefficient (Wildman–Crippen LogP) is 3.60. The Morgan fingerprint density at radius 2 is 1.81 bits per heavy atom. The van der Waals surface area contributed by atoms with E-state index >= 15 is 0 Å². The normalized spacial score (nSPS) is 11.1. The average molecular weight is 280 g/mol. The van der Waals surface area contributed by atoms with Crippen LogP contribution in [0, 0.1) is 6.92 Å². The standard InChI is InChI=1S/C12H14BrN3/c1-8(2)16-12(14-9(3)15-16)10-4-6-11(13)7-5-10/h4-8H,1-3H3. The number of aryl methyl sites for hydroxylation is 1. The first-order valence-electron chi connectivity index (χ1n) is 5.27. The molecular weight excluding hydrogens is 266 g/mol. The summed E-state index contributed by atoms with van der Waals surface area (Å²) < 4.78 is 3.03. The molecule has 0 spiro atoms. The fourth-order valence-corrected chi connectivity index (χ4v) is 1.85. The molecule has 0 aliphatic rings. The van der Waals surface area contributed by atoms with E-state index < -0.39 is 0 Å². The van der Waals surface area contributed by atoms with Crippen molar-refractivity contribution in [3.63, 3.8) is 0 Å². The Morgan fingerprint density at radius 1 is 1.19 bits per heavy atom. The van der Waals surface area contributed by atoms with E-state index in [1.165, 1.54) is 0 Å². The first kappa shape index (κ1) is 11.3. The highest BCUT2D eigenvalue weighted by Crippen LogP contribution is 2.22. The van der Waals surface area contributed by atoms with Crippen molar-refractivity contribution in [2.24, 2.45) is 0 Å². The van der Waals surface area contributed by atoms with E-state index in [0.29, 0.717) is 6.04 Å². The van der Waals surface area contributed by atoms with Crippen molar-refractivity contribution in [1.29, 1.82) is 0 Å². The monoisotopic (exact) mass is 279 g/mol. The van der Waals surface area contributed by atoms with Crippen molar-refractivity contribution < 1.29 is 0 Å². The SMILES string of the molecule is Cc1nc(-c2ccc(Br)cc2)n(C(C)C)n1. The van der Waals surface area contributed by atoms with Gasteiger partial charge in [-0.3, -0.25) is 0 Å². The van der Waals surface area contributed by atoms with Gasteiger partial charge in [0.2, 0.25) is 0 Å². The van der Waals surface area contributed by atoms with Gasteiger partial charge >= 0.3 is 0 Å². The molecule has 2 aromatic rings. The van der Waals surface area contributed by atoms with Gasteiger partial charge in [0.15, 0.2) is 5.82 Å².